The van der Waals surface area contributed by atoms with Crippen molar-refractivity contribution in [3.8, 4) is 11.5 Å². The van der Waals surface area contributed by atoms with Gasteiger partial charge in [0, 0.05) is 11.8 Å². The van der Waals surface area contributed by atoms with Crippen molar-refractivity contribution < 1.29 is 19.0 Å². The molecule has 0 saturated heterocycles. The topological polar surface area (TPSA) is 52.5 Å². The molecule has 100 valence electrons. The van der Waals surface area contributed by atoms with Crippen LogP contribution in [0.2, 0.25) is 0 Å². The molecule has 19 heavy (non-hydrogen) atoms. The Labute approximate surface area is 109 Å². The Morgan fingerprint density at radius 1 is 1.00 bits per heavy atom. The first-order valence-corrected chi connectivity index (χ1v) is 5.71. The molecule has 2 aromatic carbocycles. The van der Waals surface area contributed by atoms with E-state index in [4.69, 9.17) is 0 Å². The van der Waals surface area contributed by atoms with Gasteiger partial charge >= 0.3 is 0 Å². The Kier molecular flexibility index (Phi) is 3.55. The minimum absolute atomic E-state index is 0.0671. The molecule has 0 spiro atoms. The Hall–Kier alpha value is -2.30. The zero-order valence-electron chi connectivity index (χ0n) is 10.2. The zero-order chi connectivity index (χ0) is 14.0. The molecule has 0 amide bonds. The van der Waals surface area contributed by atoms with E-state index in [-0.39, 0.29) is 11.5 Å². The predicted octanol–water partition coefficient (Wildman–Crippen LogP) is 3.55. The number of nitrogens with one attached hydrogen (secondary N) is 1. The van der Waals surface area contributed by atoms with Gasteiger partial charge < -0.3 is 15.5 Å². The number of rotatable bonds is 3. The Bertz CT molecular complexity index is 582. The number of anilines is 1. The summed E-state index contributed by atoms with van der Waals surface area (Å²) in [6, 6.07) is 7.34. The molecule has 0 bridgehead atoms. The standard InChI is InChI=1S/C14H13F2NO2/c1-8(14-12(18)3-2-4-13(14)19)17-9-5-6-10(15)11(16)7-9/h2-8,17-19H,1H3. The summed E-state index contributed by atoms with van der Waals surface area (Å²) in [7, 11) is 0. The molecule has 0 fully saturated rings. The first kappa shape index (κ1) is 13.1. The molecular weight excluding hydrogens is 252 g/mol. The van der Waals surface area contributed by atoms with Gasteiger partial charge in [0.1, 0.15) is 11.5 Å². The van der Waals surface area contributed by atoms with Crippen molar-refractivity contribution in [3.05, 3.63) is 53.6 Å². The monoisotopic (exact) mass is 265 g/mol. The molecule has 5 heteroatoms. The van der Waals surface area contributed by atoms with Crippen LogP contribution in [0.15, 0.2) is 36.4 Å². The summed E-state index contributed by atoms with van der Waals surface area (Å²) < 4.78 is 25.9. The van der Waals surface area contributed by atoms with E-state index in [9.17, 15) is 19.0 Å². The maximum absolute atomic E-state index is 13.1. The lowest BCUT2D eigenvalue weighted by atomic mass is 10.1. The van der Waals surface area contributed by atoms with E-state index < -0.39 is 17.7 Å². The molecule has 0 saturated carbocycles. The van der Waals surface area contributed by atoms with Gasteiger partial charge in [-0.15, -0.1) is 0 Å². The van der Waals surface area contributed by atoms with Crippen LogP contribution in [0, 0.1) is 11.6 Å². The van der Waals surface area contributed by atoms with E-state index >= 15 is 0 Å². The van der Waals surface area contributed by atoms with Crippen LogP contribution in [0.25, 0.3) is 0 Å². The first-order chi connectivity index (χ1) is 8.99. The highest BCUT2D eigenvalue weighted by Crippen LogP contribution is 2.34. The molecular formula is C14H13F2NO2. The van der Waals surface area contributed by atoms with Crippen LogP contribution in [-0.2, 0) is 0 Å². The predicted molar refractivity (Wildman–Crippen MR) is 68.2 cm³/mol. The molecule has 2 aromatic rings. The number of phenols is 2. The van der Waals surface area contributed by atoms with Crippen LogP contribution >= 0.6 is 0 Å². The highest BCUT2D eigenvalue weighted by atomic mass is 19.2. The van der Waals surface area contributed by atoms with Gasteiger partial charge in [-0.2, -0.15) is 0 Å². The molecule has 0 heterocycles. The number of hydrogen-bond acceptors (Lipinski definition) is 3. The molecule has 0 aromatic heterocycles. The number of hydrogen-bond donors (Lipinski definition) is 3. The number of phenolic OH excluding ortho intramolecular Hbond substituents is 2. The molecule has 3 nitrogen and oxygen atoms in total. The van der Waals surface area contributed by atoms with Crippen molar-refractivity contribution in [2.24, 2.45) is 0 Å². The molecule has 1 unspecified atom stereocenters. The normalized spacial score (nSPS) is 12.2. The van der Waals surface area contributed by atoms with Gasteiger partial charge in [-0.3, -0.25) is 0 Å². The fourth-order valence-corrected chi connectivity index (χ4v) is 1.89. The van der Waals surface area contributed by atoms with E-state index in [1.54, 1.807) is 6.92 Å². The van der Waals surface area contributed by atoms with Crippen LogP contribution in [-0.4, -0.2) is 10.2 Å². The maximum atomic E-state index is 13.1. The number of aromatic hydroxyl groups is 2. The summed E-state index contributed by atoms with van der Waals surface area (Å²) in [5.74, 6) is -2.02. The second kappa shape index (κ2) is 5.14. The van der Waals surface area contributed by atoms with Gasteiger partial charge in [-0.25, -0.2) is 8.78 Å². The summed E-state index contributed by atoms with van der Waals surface area (Å²) in [6.07, 6.45) is 0. The van der Waals surface area contributed by atoms with Gasteiger partial charge in [0.05, 0.1) is 11.6 Å². The van der Waals surface area contributed by atoms with Crippen LogP contribution in [0.4, 0.5) is 14.5 Å². The zero-order valence-corrected chi connectivity index (χ0v) is 10.2. The second-order valence-electron chi connectivity index (χ2n) is 4.20. The highest BCUT2D eigenvalue weighted by Gasteiger charge is 2.15. The third kappa shape index (κ3) is 2.76. The van der Waals surface area contributed by atoms with Crippen molar-refractivity contribution in [1.29, 1.82) is 0 Å². The van der Waals surface area contributed by atoms with Gasteiger partial charge in [-0.1, -0.05) is 6.07 Å². The summed E-state index contributed by atoms with van der Waals surface area (Å²) in [6.45, 7) is 1.69. The van der Waals surface area contributed by atoms with E-state index in [2.05, 4.69) is 5.32 Å². The Morgan fingerprint density at radius 2 is 1.63 bits per heavy atom. The second-order valence-corrected chi connectivity index (χ2v) is 4.20. The summed E-state index contributed by atoms with van der Waals surface area (Å²) in [5.41, 5.74) is 0.654. The number of halogens is 2. The molecule has 0 aliphatic heterocycles. The molecule has 2 rings (SSSR count). The lowest BCUT2D eigenvalue weighted by Gasteiger charge is -2.18. The average molecular weight is 265 g/mol. The molecule has 1 atom stereocenters. The summed E-state index contributed by atoms with van der Waals surface area (Å²) in [4.78, 5) is 0. The van der Waals surface area contributed by atoms with Crippen molar-refractivity contribution in [2.75, 3.05) is 5.32 Å². The van der Waals surface area contributed by atoms with E-state index in [1.165, 1.54) is 24.3 Å². The molecule has 0 radical (unpaired) electrons. The summed E-state index contributed by atoms with van der Waals surface area (Å²) >= 11 is 0. The van der Waals surface area contributed by atoms with E-state index in [1.807, 2.05) is 0 Å². The molecule has 3 N–H and O–H groups in total. The summed E-state index contributed by atoms with van der Waals surface area (Å²) in [5, 5.41) is 22.3. The molecule has 0 aliphatic rings. The SMILES string of the molecule is CC(Nc1ccc(F)c(F)c1)c1c(O)cccc1O. The Balaban J connectivity index is 2.25. The Morgan fingerprint density at radius 3 is 2.21 bits per heavy atom. The molecule has 0 aliphatic carbocycles. The van der Waals surface area contributed by atoms with Gasteiger partial charge in [0.15, 0.2) is 11.6 Å². The van der Waals surface area contributed by atoms with Gasteiger partial charge in [0.25, 0.3) is 0 Å². The number of benzene rings is 2. The fraction of sp³-hybridized carbons (Fsp3) is 0.143. The van der Waals surface area contributed by atoms with Crippen molar-refractivity contribution in [2.45, 2.75) is 13.0 Å². The third-order valence-corrected chi connectivity index (χ3v) is 2.80. The van der Waals surface area contributed by atoms with E-state index in [0.717, 1.165) is 12.1 Å². The van der Waals surface area contributed by atoms with E-state index in [0.29, 0.717) is 11.3 Å². The minimum atomic E-state index is -0.960. The first-order valence-electron chi connectivity index (χ1n) is 5.71. The maximum Gasteiger partial charge on any atom is 0.160 e. The highest BCUT2D eigenvalue weighted by molar-refractivity contribution is 5.51. The smallest absolute Gasteiger partial charge is 0.160 e. The van der Waals surface area contributed by atoms with Gasteiger partial charge in [0.2, 0.25) is 0 Å². The van der Waals surface area contributed by atoms with Crippen LogP contribution < -0.4 is 5.32 Å². The van der Waals surface area contributed by atoms with Crippen molar-refractivity contribution in [1.82, 2.24) is 0 Å². The average Bonchev–Trinajstić information content (AvgIpc) is 2.33. The third-order valence-electron chi connectivity index (χ3n) is 2.80. The van der Waals surface area contributed by atoms with Crippen LogP contribution in [0.1, 0.15) is 18.5 Å². The van der Waals surface area contributed by atoms with Crippen LogP contribution in [0.3, 0.4) is 0 Å². The van der Waals surface area contributed by atoms with Crippen molar-refractivity contribution >= 4 is 5.69 Å². The van der Waals surface area contributed by atoms with Crippen molar-refractivity contribution in [3.63, 3.8) is 0 Å². The quantitative estimate of drug-likeness (QED) is 0.795. The minimum Gasteiger partial charge on any atom is -0.507 e. The van der Waals surface area contributed by atoms with Crippen LogP contribution in [0.5, 0.6) is 11.5 Å². The largest absolute Gasteiger partial charge is 0.507 e. The lowest BCUT2D eigenvalue weighted by Crippen LogP contribution is -2.07. The fourth-order valence-electron chi connectivity index (χ4n) is 1.89. The lowest BCUT2D eigenvalue weighted by molar-refractivity contribution is 0.434. The van der Waals surface area contributed by atoms with Gasteiger partial charge in [-0.05, 0) is 31.2 Å².